The van der Waals surface area contributed by atoms with Gasteiger partial charge in [-0.05, 0) is 61.9 Å². The minimum absolute atomic E-state index is 0.0239. The van der Waals surface area contributed by atoms with Crippen LogP contribution in [0.25, 0.3) is 11.6 Å². The van der Waals surface area contributed by atoms with Crippen molar-refractivity contribution >= 4 is 23.4 Å². The highest BCUT2D eigenvalue weighted by atomic mass is 32.2. The number of thioether (sulfide) groups is 1. The van der Waals surface area contributed by atoms with Crippen LogP contribution in [0, 0.1) is 0 Å². The summed E-state index contributed by atoms with van der Waals surface area (Å²) in [5.41, 5.74) is 3.60. The van der Waals surface area contributed by atoms with E-state index in [0.29, 0.717) is 29.0 Å². The van der Waals surface area contributed by atoms with Crippen molar-refractivity contribution in [2.45, 2.75) is 44.3 Å². The summed E-state index contributed by atoms with van der Waals surface area (Å²) >= 11 is 1.39. The lowest BCUT2D eigenvalue weighted by atomic mass is 9.90. The lowest BCUT2D eigenvalue weighted by Gasteiger charge is -2.19. The second-order valence-corrected chi connectivity index (χ2v) is 7.46. The molecule has 0 unspecified atom stereocenters. The molecule has 0 radical (unpaired) electrons. The molecule has 0 aliphatic heterocycles. The van der Waals surface area contributed by atoms with Gasteiger partial charge in [0.25, 0.3) is 0 Å². The highest BCUT2D eigenvalue weighted by Gasteiger charge is 2.18. The Balaban J connectivity index is 1.43. The van der Waals surface area contributed by atoms with E-state index in [-0.39, 0.29) is 5.91 Å². The van der Waals surface area contributed by atoms with Crippen LogP contribution in [-0.2, 0) is 24.2 Å². The van der Waals surface area contributed by atoms with Gasteiger partial charge >= 0.3 is 0 Å². The molecule has 1 amide bonds. The van der Waals surface area contributed by atoms with Gasteiger partial charge in [0.05, 0.1) is 12.0 Å². The van der Waals surface area contributed by atoms with Gasteiger partial charge in [0.1, 0.15) is 0 Å². The van der Waals surface area contributed by atoms with Crippen LogP contribution in [0.4, 0.5) is 5.69 Å². The van der Waals surface area contributed by atoms with Crippen LogP contribution >= 0.6 is 11.8 Å². The number of fused-ring (bicyclic) bond motifs is 1. The Morgan fingerprint density at radius 2 is 2.11 bits per heavy atom. The van der Waals surface area contributed by atoms with E-state index in [1.54, 1.807) is 6.26 Å². The number of anilines is 1. The molecule has 0 atom stereocenters. The standard InChI is InChI=1S/C20H22N4O2S/c1-2-24-19(17-11-6-12-26-17)22-23-20(24)27-13-18(25)21-16-10-5-8-14-7-3-4-9-15(14)16/h5-6,8,10-12H,2-4,7,9,13H2,1H3,(H,21,25). The summed E-state index contributed by atoms with van der Waals surface area (Å²) in [7, 11) is 0. The van der Waals surface area contributed by atoms with Gasteiger partial charge in [0.2, 0.25) is 5.91 Å². The van der Waals surface area contributed by atoms with Gasteiger partial charge in [0, 0.05) is 12.2 Å². The molecule has 1 aliphatic rings. The fourth-order valence-corrected chi connectivity index (χ4v) is 4.29. The molecule has 0 bridgehead atoms. The molecule has 4 rings (SSSR count). The van der Waals surface area contributed by atoms with Crippen molar-refractivity contribution < 1.29 is 9.21 Å². The van der Waals surface area contributed by atoms with Crippen molar-refractivity contribution in [3.05, 3.63) is 47.7 Å². The third-order valence-corrected chi connectivity index (χ3v) is 5.74. The molecular weight excluding hydrogens is 360 g/mol. The van der Waals surface area contributed by atoms with E-state index in [2.05, 4.69) is 21.6 Å². The van der Waals surface area contributed by atoms with Crippen LogP contribution in [-0.4, -0.2) is 26.4 Å². The zero-order valence-electron chi connectivity index (χ0n) is 15.3. The van der Waals surface area contributed by atoms with Crippen LogP contribution in [0.2, 0.25) is 0 Å². The van der Waals surface area contributed by atoms with E-state index in [0.717, 1.165) is 18.5 Å². The number of carbonyl (C=O) groups is 1. The fourth-order valence-electron chi connectivity index (χ4n) is 3.48. The minimum Gasteiger partial charge on any atom is -0.461 e. The average molecular weight is 382 g/mol. The molecule has 1 aromatic carbocycles. The number of furan rings is 1. The van der Waals surface area contributed by atoms with Gasteiger partial charge in [-0.1, -0.05) is 23.9 Å². The second kappa shape index (κ2) is 8.00. The Kier molecular flexibility index (Phi) is 5.29. The number of hydrogen-bond acceptors (Lipinski definition) is 5. The molecule has 0 saturated carbocycles. The zero-order valence-corrected chi connectivity index (χ0v) is 16.1. The fraction of sp³-hybridized carbons (Fsp3) is 0.350. The summed E-state index contributed by atoms with van der Waals surface area (Å²) in [5, 5.41) is 12.2. The monoisotopic (exact) mass is 382 g/mol. The van der Waals surface area contributed by atoms with Crippen molar-refractivity contribution in [3.63, 3.8) is 0 Å². The van der Waals surface area contributed by atoms with Crippen molar-refractivity contribution in [1.29, 1.82) is 0 Å². The Bertz CT molecular complexity index is 934. The molecule has 2 heterocycles. The van der Waals surface area contributed by atoms with Crippen LogP contribution in [0.1, 0.15) is 30.9 Å². The van der Waals surface area contributed by atoms with Crippen molar-refractivity contribution in [2.75, 3.05) is 11.1 Å². The number of aryl methyl sites for hydroxylation is 1. The molecule has 3 aromatic rings. The van der Waals surface area contributed by atoms with E-state index in [1.165, 1.54) is 35.7 Å². The highest BCUT2D eigenvalue weighted by molar-refractivity contribution is 7.99. The van der Waals surface area contributed by atoms with Gasteiger partial charge in [-0.2, -0.15) is 0 Å². The molecule has 0 spiro atoms. The summed E-state index contributed by atoms with van der Waals surface area (Å²) in [6.07, 6.45) is 6.16. The van der Waals surface area contributed by atoms with Gasteiger partial charge in [-0.25, -0.2) is 0 Å². The number of hydrogen-bond donors (Lipinski definition) is 1. The summed E-state index contributed by atoms with van der Waals surface area (Å²) in [6.45, 7) is 2.73. The van der Waals surface area contributed by atoms with Gasteiger partial charge in [-0.3, -0.25) is 9.36 Å². The Hall–Kier alpha value is -2.54. The van der Waals surface area contributed by atoms with Crippen LogP contribution in [0.15, 0.2) is 46.2 Å². The van der Waals surface area contributed by atoms with E-state index in [1.807, 2.05) is 35.8 Å². The number of amides is 1. The first-order valence-corrected chi connectivity index (χ1v) is 10.3. The summed E-state index contributed by atoms with van der Waals surface area (Å²) in [6, 6.07) is 9.87. The van der Waals surface area contributed by atoms with Crippen molar-refractivity contribution in [1.82, 2.24) is 14.8 Å². The normalized spacial score (nSPS) is 13.4. The van der Waals surface area contributed by atoms with Gasteiger partial charge < -0.3 is 9.73 Å². The predicted molar refractivity (Wildman–Crippen MR) is 106 cm³/mol. The van der Waals surface area contributed by atoms with E-state index in [4.69, 9.17) is 4.42 Å². The van der Waals surface area contributed by atoms with Crippen molar-refractivity contribution in [2.24, 2.45) is 0 Å². The average Bonchev–Trinajstić information content (AvgIpc) is 3.36. The third-order valence-electron chi connectivity index (χ3n) is 4.78. The summed E-state index contributed by atoms with van der Waals surface area (Å²) in [4.78, 5) is 12.5. The summed E-state index contributed by atoms with van der Waals surface area (Å²) < 4.78 is 7.38. The largest absolute Gasteiger partial charge is 0.461 e. The number of benzene rings is 1. The zero-order chi connectivity index (χ0) is 18.6. The molecule has 7 heteroatoms. The maximum atomic E-state index is 12.5. The van der Waals surface area contributed by atoms with Crippen molar-refractivity contribution in [3.8, 4) is 11.6 Å². The molecule has 2 aromatic heterocycles. The molecule has 0 fully saturated rings. The molecule has 1 N–H and O–H groups in total. The smallest absolute Gasteiger partial charge is 0.234 e. The van der Waals surface area contributed by atoms with E-state index < -0.39 is 0 Å². The minimum atomic E-state index is -0.0239. The molecule has 0 saturated heterocycles. The topological polar surface area (TPSA) is 73.0 Å². The Labute approximate surface area is 162 Å². The quantitative estimate of drug-likeness (QED) is 0.648. The van der Waals surface area contributed by atoms with Crippen LogP contribution in [0.3, 0.4) is 0 Å². The van der Waals surface area contributed by atoms with Crippen LogP contribution < -0.4 is 5.32 Å². The maximum Gasteiger partial charge on any atom is 0.234 e. The SMILES string of the molecule is CCn1c(SCC(=O)Nc2cccc3c2CCCC3)nnc1-c1ccco1. The lowest BCUT2D eigenvalue weighted by molar-refractivity contribution is -0.113. The molecule has 1 aliphatic carbocycles. The van der Waals surface area contributed by atoms with Gasteiger partial charge in [0.15, 0.2) is 16.7 Å². The first-order valence-electron chi connectivity index (χ1n) is 9.26. The first kappa shape index (κ1) is 17.9. The molecule has 6 nitrogen and oxygen atoms in total. The maximum absolute atomic E-state index is 12.5. The van der Waals surface area contributed by atoms with Gasteiger partial charge in [-0.15, -0.1) is 10.2 Å². The Morgan fingerprint density at radius 1 is 1.22 bits per heavy atom. The summed E-state index contributed by atoms with van der Waals surface area (Å²) in [5.74, 6) is 1.63. The molecule has 140 valence electrons. The molecule has 27 heavy (non-hydrogen) atoms. The lowest BCUT2D eigenvalue weighted by Crippen LogP contribution is -2.17. The first-order chi connectivity index (χ1) is 13.3. The Morgan fingerprint density at radius 3 is 2.93 bits per heavy atom. The number of aromatic nitrogens is 3. The molecular formula is C20H22N4O2S. The number of carbonyl (C=O) groups excluding carboxylic acids is 1. The highest BCUT2D eigenvalue weighted by Crippen LogP contribution is 2.28. The second-order valence-electron chi connectivity index (χ2n) is 6.51. The number of rotatable bonds is 6. The van der Waals surface area contributed by atoms with E-state index >= 15 is 0 Å². The third kappa shape index (κ3) is 3.78. The van der Waals surface area contributed by atoms with E-state index in [9.17, 15) is 4.79 Å². The predicted octanol–water partition coefficient (Wildman–Crippen LogP) is 4.17. The number of nitrogens with zero attached hydrogens (tertiary/aromatic N) is 3. The number of nitrogens with one attached hydrogen (secondary N) is 1. The van der Waals surface area contributed by atoms with Crippen LogP contribution in [0.5, 0.6) is 0 Å².